The van der Waals surface area contributed by atoms with Crippen LogP contribution in [0.5, 0.6) is 0 Å². The summed E-state index contributed by atoms with van der Waals surface area (Å²) in [6, 6.07) is 41.7. The molecular weight excluding hydrogens is 815 g/mol. The van der Waals surface area contributed by atoms with Crippen LogP contribution in [0.15, 0.2) is 109 Å². The number of hydrogen-bond donors (Lipinski definition) is 0. The Hall–Kier alpha value is -2.22. The van der Waals surface area contributed by atoms with E-state index in [-0.39, 0.29) is 45.1 Å². The van der Waals surface area contributed by atoms with Crippen LogP contribution in [0.1, 0.15) is 115 Å². The number of aryl methyl sites for hydroxylation is 1. The first-order valence-electron chi connectivity index (χ1n) is 20.0. The molecule has 298 valence electrons. The zero-order valence-electron chi connectivity index (χ0n) is 35.2. The standard InChI is InChI=1S/C27H29.C23H27.2CH3.2ClH.Si.Zr/c1-2-18-13-23-4-3-5-25(26(23)14-18)22-6-8-24(9-7-22)27-15-19-10-20(16-27)12-21(11-19)17-27;1-6-16(2)19-14-18-8-7-9-21(22(18)15-19)17-10-12-20(13-11-17)23(3,4)5;;;;;;/h3-9,13-14,19-21H,2,10-12,15-17H2,1H3;7-16H,6H2,1-5H3;2*1H3;2*1H;;/q4*-1;;;;. The summed E-state index contributed by atoms with van der Waals surface area (Å²) in [5, 5.41) is 5.54. The molecule has 4 heteroatoms. The van der Waals surface area contributed by atoms with E-state index in [1.165, 1.54) is 129 Å². The van der Waals surface area contributed by atoms with Crippen molar-refractivity contribution in [2.45, 2.75) is 110 Å². The van der Waals surface area contributed by atoms with Crippen LogP contribution in [-0.2, 0) is 40.6 Å². The van der Waals surface area contributed by atoms with E-state index in [9.17, 15) is 0 Å². The van der Waals surface area contributed by atoms with Gasteiger partial charge in [0.25, 0.3) is 0 Å². The molecule has 0 spiro atoms. The quantitative estimate of drug-likeness (QED) is 0.116. The molecule has 1 unspecified atom stereocenters. The summed E-state index contributed by atoms with van der Waals surface area (Å²) in [6.07, 6.45) is 11.2. The van der Waals surface area contributed by atoms with E-state index in [1.807, 2.05) is 0 Å². The van der Waals surface area contributed by atoms with Crippen molar-refractivity contribution in [3.8, 4) is 22.3 Å². The third kappa shape index (κ3) is 9.79. The Bertz CT molecular complexity index is 2090. The Morgan fingerprint density at radius 2 is 1.14 bits per heavy atom. The van der Waals surface area contributed by atoms with Crippen molar-refractivity contribution < 1.29 is 23.3 Å². The molecule has 6 aromatic rings. The fourth-order valence-corrected chi connectivity index (χ4v) is 10.4. The van der Waals surface area contributed by atoms with Gasteiger partial charge in [-0.1, -0.05) is 120 Å². The van der Waals surface area contributed by atoms with Gasteiger partial charge in [0.2, 0.25) is 0 Å². The van der Waals surface area contributed by atoms with Gasteiger partial charge in [0.1, 0.15) is 0 Å². The third-order valence-electron chi connectivity index (χ3n) is 13.1. The number of halogens is 2. The van der Waals surface area contributed by atoms with Gasteiger partial charge in [-0.15, -0.1) is 93.9 Å². The molecule has 0 aliphatic heterocycles. The second-order valence-electron chi connectivity index (χ2n) is 17.5. The van der Waals surface area contributed by atoms with Crippen molar-refractivity contribution in [1.29, 1.82) is 0 Å². The van der Waals surface area contributed by atoms with Crippen molar-refractivity contribution in [2.75, 3.05) is 0 Å². The van der Waals surface area contributed by atoms with Crippen molar-refractivity contribution in [3.05, 3.63) is 146 Å². The minimum absolute atomic E-state index is 0. The van der Waals surface area contributed by atoms with E-state index < -0.39 is 0 Å². The van der Waals surface area contributed by atoms with Crippen LogP contribution < -0.4 is 0 Å². The molecule has 4 aliphatic rings. The summed E-state index contributed by atoms with van der Waals surface area (Å²) in [4.78, 5) is 0. The maximum absolute atomic E-state index is 3.06. The van der Waals surface area contributed by atoms with Crippen LogP contribution in [0.2, 0.25) is 0 Å². The maximum atomic E-state index is 3.06. The zero-order valence-corrected chi connectivity index (χ0v) is 40.3. The molecule has 10 rings (SSSR count). The molecule has 4 bridgehead atoms. The number of benzene rings is 4. The Kier molecular flexibility index (Phi) is 17.3. The van der Waals surface area contributed by atoms with Crippen LogP contribution in [-0.4, -0.2) is 6.88 Å². The number of rotatable bonds is 6. The van der Waals surface area contributed by atoms with E-state index in [1.54, 1.807) is 5.56 Å². The van der Waals surface area contributed by atoms with E-state index in [4.69, 9.17) is 0 Å². The molecule has 0 heterocycles. The first kappa shape index (κ1) is 48.2. The summed E-state index contributed by atoms with van der Waals surface area (Å²) >= 11 is 1.36. The Labute approximate surface area is 369 Å². The van der Waals surface area contributed by atoms with Gasteiger partial charge in [0.15, 0.2) is 0 Å². The van der Waals surface area contributed by atoms with Gasteiger partial charge < -0.3 is 14.9 Å². The summed E-state index contributed by atoms with van der Waals surface area (Å²) < 4.78 is 0. The fraction of sp³-hybridized carbons (Fsp3) is 0.385. The second kappa shape index (κ2) is 20.2. The van der Waals surface area contributed by atoms with Gasteiger partial charge in [0, 0.05) is 0 Å². The van der Waals surface area contributed by atoms with E-state index in [2.05, 4.69) is 158 Å². The molecule has 0 aromatic heterocycles. The first-order chi connectivity index (χ1) is 25.1. The van der Waals surface area contributed by atoms with Gasteiger partial charge in [-0.3, -0.25) is 0 Å². The summed E-state index contributed by atoms with van der Waals surface area (Å²) in [6.45, 7) is 16.7. The predicted molar refractivity (Wildman–Crippen MR) is 250 cm³/mol. The molecule has 0 saturated heterocycles. The first-order valence-corrected chi connectivity index (χ1v) is 24.2. The molecule has 1 atom stereocenters. The number of hydrogen-bond acceptors (Lipinski definition) is 0. The minimum atomic E-state index is 0. The molecule has 4 aliphatic carbocycles. The van der Waals surface area contributed by atoms with Crippen LogP contribution in [0.25, 0.3) is 43.8 Å². The van der Waals surface area contributed by atoms with Crippen LogP contribution in [0, 0.1) is 32.6 Å². The Balaban J connectivity index is 0.000000273. The molecule has 0 amide bonds. The van der Waals surface area contributed by atoms with E-state index in [0.29, 0.717) is 11.3 Å². The Morgan fingerprint density at radius 3 is 1.61 bits per heavy atom. The summed E-state index contributed by atoms with van der Waals surface area (Å²) in [7, 11) is 0. The van der Waals surface area contributed by atoms with Crippen molar-refractivity contribution in [3.63, 3.8) is 0 Å². The van der Waals surface area contributed by atoms with Gasteiger partial charge in [-0.2, -0.15) is 12.1 Å². The average Bonchev–Trinajstić information content (AvgIpc) is 3.80. The summed E-state index contributed by atoms with van der Waals surface area (Å²) in [5.41, 5.74) is 12.1. The normalized spacial score (nSPS) is 20.8. The van der Waals surface area contributed by atoms with Crippen LogP contribution in [0.3, 0.4) is 0 Å². The summed E-state index contributed by atoms with van der Waals surface area (Å²) in [5.74, 6) is 3.67. The number of fused-ring (bicyclic) bond motifs is 2. The SMILES string of the molecule is CCC(C)c1cc2c(-c3ccc(C(C)(C)C)cc3)cccc2[cH-]1.CCc1cc2c(-c3ccc(C45CC6CC(CC(C6)C4)C5)cc3)cccc2[cH-]1.Cl.Cl.[CH3-].[CH3-].[Si]=[Zr]. The van der Waals surface area contributed by atoms with Crippen molar-refractivity contribution in [2.24, 2.45) is 17.8 Å². The molecule has 56 heavy (non-hydrogen) atoms. The molecule has 2 radical (unpaired) electrons. The topological polar surface area (TPSA) is 0 Å². The molecular formula is C52H64Cl2SiZr-4. The van der Waals surface area contributed by atoms with Gasteiger partial charge in [-0.25, -0.2) is 0 Å². The second-order valence-corrected chi connectivity index (χ2v) is 17.5. The average molecular weight is 879 g/mol. The van der Waals surface area contributed by atoms with Gasteiger partial charge in [0.05, 0.1) is 0 Å². The predicted octanol–water partition coefficient (Wildman–Crippen LogP) is 15.7. The van der Waals surface area contributed by atoms with Crippen LogP contribution in [0.4, 0.5) is 0 Å². The molecule has 4 saturated carbocycles. The molecule has 4 fully saturated rings. The monoisotopic (exact) mass is 876 g/mol. The van der Waals surface area contributed by atoms with Gasteiger partial charge >= 0.3 is 30.2 Å². The molecule has 0 nitrogen and oxygen atoms in total. The van der Waals surface area contributed by atoms with E-state index >= 15 is 0 Å². The third-order valence-corrected chi connectivity index (χ3v) is 13.1. The Morgan fingerprint density at radius 1 is 0.679 bits per heavy atom. The van der Waals surface area contributed by atoms with Crippen LogP contribution >= 0.6 is 24.8 Å². The fourth-order valence-electron chi connectivity index (χ4n) is 10.4. The zero-order chi connectivity index (χ0) is 36.6. The molecule has 0 N–H and O–H groups in total. The van der Waals surface area contributed by atoms with Gasteiger partial charge in [-0.05, 0) is 102 Å². The molecule has 6 aromatic carbocycles. The van der Waals surface area contributed by atoms with E-state index in [0.717, 1.165) is 24.2 Å². The van der Waals surface area contributed by atoms with Crippen molar-refractivity contribution >= 4 is 53.2 Å². The van der Waals surface area contributed by atoms with Crippen molar-refractivity contribution in [1.82, 2.24) is 0 Å².